The molecule has 3 aliphatic rings. The lowest BCUT2D eigenvalue weighted by Gasteiger charge is -2.34. The molecular formula is C18H30N4O4. The number of ether oxygens (including phenoxy) is 1. The normalized spacial score (nSPS) is 28.1. The second kappa shape index (κ2) is 7.82. The van der Waals surface area contributed by atoms with Gasteiger partial charge in [-0.25, -0.2) is 4.79 Å². The first kappa shape index (κ1) is 18.9. The molecule has 0 bridgehead atoms. The zero-order valence-electron chi connectivity index (χ0n) is 16.0. The van der Waals surface area contributed by atoms with Crippen LogP contribution in [0.3, 0.4) is 0 Å². The maximum Gasteiger partial charge on any atom is 0.325 e. The summed E-state index contributed by atoms with van der Waals surface area (Å²) in [7, 11) is 1.34. The van der Waals surface area contributed by atoms with E-state index >= 15 is 0 Å². The summed E-state index contributed by atoms with van der Waals surface area (Å²) in [6.45, 7) is 9.92. The maximum absolute atomic E-state index is 12.4. The Balaban J connectivity index is 1.42. The van der Waals surface area contributed by atoms with Gasteiger partial charge in [0.05, 0.1) is 13.7 Å². The van der Waals surface area contributed by atoms with Gasteiger partial charge in [-0.2, -0.15) is 0 Å². The zero-order valence-corrected chi connectivity index (χ0v) is 16.0. The van der Waals surface area contributed by atoms with Crippen molar-refractivity contribution in [2.75, 3.05) is 66.0 Å². The van der Waals surface area contributed by atoms with Crippen LogP contribution in [-0.4, -0.2) is 104 Å². The first-order valence-corrected chi connectivity index (χ1v) is 9.59. The largest absolute Gasteiger partial charge is 0.468 e. The molecule has 3 atom stereocenters. The molecule has 146 valence electrons. The van der Waals surface area contributed by atoms with E-state index in [1.165, 1.54) is 7.11 Å². The first-order chi connectivity index (χ1) is 12.5. The number of hydrogen-bond acceptors (Lipinski definition) is 5. The first-order valence-electron chi connectivity index (χ1n) is 9.59. The molecule has 1 saturated carbocycles. The van der Waals surface area contributed by atoms with Gasteiger partial charge in [0.15, 0.2) is 0 Å². The van der Waals surface area contributed by atoms with E-state index in [-0.39, 0.29) is 24.5 Å². The maximum atomic E-state index is 12.4. The minimum Gasteiger partial charge on any atom is -0.468 e. The van der Waals surface area contributed by atoms with Gasteiger partial charge in [0.1, 0.15) is 6.54 Å². The molecule has 2 saturated heterocycles. The molecule has 8 nitrogen and oxygen atoms in total. The van der Waals surface area contributed by atoms with Crippen LogP contribution < -0.4 is 0 Å². The highest BCUT2D eigenvalue weighted by Crippen LogP contribution is 2.52. The lowest BCUT2D eigenvalue weighted by molar-refractivity contribution is -0.149. The summed E-state index contributed by atoms with van der Waals surface area (Å²) in [5.41, 5.74) is 0. The van der Waals surface area contributed by atoms with Crippen molar-refractivity contribution in [3.05, 3.63) is 0 Å². The van der Waals surface area contributed by atoms with Crippen molar-refractivity contribution in [1.29, 1.82) is 0 Å². The second-order valence-corrected chi connectivity index (χ2v) is 7.48. The molecule has 2 aliphatic heterocycles. The summed E-state index contributed by atoms with van der Waals surface area (Å²) in [5, 5.41) is 0. The number of rotatable bonds is 6. The van der Waals surface area contributed by atoms with Crippen LogP contribution in [0.5, 0.6) is 0 Å². The fourth-order valence-electron chi connectivity index (χ4n) is 4.37. The molecule has 8 heteroatoms. The Morgan fingerprint density at radius 1 is 1.15 bits per heavy atom. The lowest BCUT2D eigenvalue weighted by atomic mass is 10.2. The fraction of sp³-hybridized carbons (Fsp3) is 0.833. The van der Waals surface area contributed by atoms with Crippen molar-refractivity contribution in [3.63, 3.8) is 0 Å². The highest BCUT2D eigenvalue weighted by Gasteiger charge is 2.57. The van der Waals surface area contributed by atoms with E-state index in [0.717, 1.165) is 39.3 Å². The van der Waals surface area contributed by atoms with Gasteiger partial charge in [0.2, 0.25) is 5.91 Å². The smallest absolute Gasteiger partial charge is 0.325 e. The molecule has 0 aromatic carbocycles. The number of carbonyl (C=O) groups excluding carboxylic acids is 3. The van der Waals surface area contributed by atoms with E-state index in [0.29, 0.717) is 30.8 Å². The molecule has 3 fully saturated rings. The molecule has 26 heavy (non-hydrogen) atoms. The third-order valence-corrected chi connectivity index (χ3v) is 6.09. The van der Waals surface area contributed by atoms with Crippen LogP contribution in [-0.2, 0) is 14.3 Å². The number of hydrogen-bond donors (Lipinski definition) is 0. The van der Waals surface area contributed by atoms with E-state index < -0.39 is 0 Å². The molecule has 0 N–H and O–H groups in total. The number of carbonyl (C=O) groups is 3. The van der Waals surface area contributed by atoms with Crippen LogP contribution in [0.25, 0.3) is 0 Å². The standard InChI is InChI=1S/C18H30N4O4/c1-4-20(5-2)18(25)22-9-14-13(15(14)10-22)8-19-6-7-21(16(23)11-19)12-17(24)26-3/h13-15H,4-12H2,1-3H3/t13?,14-,15+. The van der Waals surface area contributed by atoms with Gasteiger partial charge >= 0.3 is 12.0 Å². The third-order valence-electron chi connectivity index (χ3n) is 6.09. The van der Waals surface area contributed by atoms with Crippen molar-refractivity contribution >= 4 is 17.9 Å². The number of methoxy groups -OCH3 is 1. The number of likely N-dealkylation sites (tertiary alicyclic amines) is 1. The van der Waals surface area contributed by atoms with Crippen molar-refractivity contribution in [3.8, 4) is 0 Å². The Bertz CT molecular complexity index is 553. The minimum atomic E-state index is -0.374. The van der Waals surface area contributed by atoms with Crippen LogP contribution in [0.4, 0.5) is 4.79 Å². The van der Waals surface area contributed by atoms with Crippen LogP contribution in [0.15, 0.2) is 0 Å². The van der Waals surface area contributed by atoms with Gasteiger partial charge in [-0.05, 0) is 31.6 Å². The van der Waals surface area contributed by atoms with Crippen molar-refractivity contribution < 1.29 is 19.1 Å². The molecule has 3 rings (SSSR count). The van der Waals surface area contributed by atoms with Crippen LogP contribution in [0.1, 0.15) is 13.8 Å². The number of nitrogens with zero attached hydrogens (tertiary/aromatic N) is 4. The third kappa shape index (κ3) is 3.79. The van der Waals surface area contributed by atoms with Gasteiger partial charge in [0, 0.05) is 45.8 Å². The average Bonchev–Trinajstić information content (AvgIpc) is 3.06. The highest BCUT2D eigenvalue weighted by molar-refractivity contribution is 5.83. The van der Waals surface area contributed by atoms with E-state index in [1.807, 2.05) is 23.6 Å². The average molecular weight is 366 g/mol. The zero-order chi connectivity index (χ0) is 18.8. The molecule has 2 heterocycles. The predicted molar refractivity (Wildman–Crippen MR) is 95.4 cm³/mol. The summed E-state index contributed by atoms with van der Waals surface area (Å²) in [4.78, 5) is 43.6. The number of piperidine rings is 1. The quantitative estimate of drug-likeness (QED) is 0.616. The van der Waals surface area contributed by atoms with Gasteiger partial charge < -0.3 is 19.4 Å². The monoisotopic (exact) mass is 366 g/mol. The Kier molecular flexibility index (Phi) is 5.70. The molecule has 3 amide bonds. The Morgan fingerprint density at radius 2 is 1.81 bits per heavy atom. The lowest BCUT2D eigenvalue weighted by Crippen LogP contribution is -2.52. The Labute approximate surface area is 155 Å². The number of urea groups is 1. The van der Waals surface area contributed by atoms with Gasteiger partial charge in [0.25, 0.3) is 0 Å². The summed E-state index contributed by atoms with van der Waals surface area (Å²) in [6, 6.07) is 0.160. The summed E-state index contributed by atoms with van der Waals surface area (Å²) < 4.78 is 4.63. The van der Waals surface area contributed by atoms with Gasteiger partial charge in [-0.15, -0.1) is 0 Å². The topological polar surface area (TPSA) is 73.4 Å². The second-order valence-electron chi connectivity index (χ2n) is 7.48. The van der Waals surface area contributed by atoms with Crippen LogP contribution in [0, 0.1) is 17.8 Å². The van der Waals surface area contributed by atoms with Gasteiger partial charge in [-0.1, -0.05) is 0 Å². The molecular weight excluding hydrogens is 336 g/mol. The van der Waals surface area contributed by atoms with Crippen LogP contribution >= 0.6 is 0 Å². The SMILES string of the molecule is CCN(CC)C(=O)N1C[C@@H]2C(CN3CCN(CC(=O)OC)C(=O)C3)[C@@H]2C1. The van der Waals surface area contributed by atoms with E-state index in [4.69, 9.17) is 0 Å². The van der Waals surface area contributed by atoms with E-state index in [9.17, 15) is 14.4 Å². The van der Waals surface area contributed by atoms with Crippen LogP contribution in [0.2, 0.25) is 0 Å². The predicted octanol–water partition coefficient (Wildman–Crippen LogP) is -0.0568. The minimum absolute atomic E-state index is 0.00852. The molecule has 1 unspecified atom stereocenters. The Hall–Kier alpha value is -1.83. The number of piperazine rings is 1. The molecule has 0 aromatic rings. The summed E-state index contributed by atoms with van der Waals surface area (Å²) in [5.74, 6) is 1.37. The van der Waals surface area contributed by atoms with Crippen molar-refractivity contribution in [2.24, 2.45) is 17.8 Å². The molecule has 0 radical (unpaired) electrons. The fourth-order valence-corrected chi connectivity index (χ4v) is 4.37. The highest BCUT2D eigenvalue weighted by atomic mass is 16.5. The number of esters is 1. The molecule has 0 spiro atoms. The summed E-state index contributed by atoms with van der Waals surface area (Å²) >= 11 is 0. The number of amides is 3. The van der Waals surface area contributed by atoms with Gasteiger partial charge in [-0.3, -0.25) is 14.5 Å². The molecule has 0 aromatic heterocycles. The molecule has 1 aliphatic carbocycles. The Morgan fingerprint density at radius 3 is 2.35 bits per heavy atom. The van der Waals surface area contributed by atoms with Crippen molar-refractivity contribution in [2.45, 2.75) is 13.8 Å². The van der Waals surface area contributed by atoms with Crippen molar-refractivity contribution in [1.82, 2.24) is 19.6 Å². The summed E-state index contributed by atoms with van der Waals surface area (Å²) in [6.07, 6.45) is 0. The van der Waals surface area contributed by atoms with E-state index in [1.54, 1.807) is 4.90 Å². The van der Waals surface area contributed by atoms with E-state index in [2.05, 4.69) is 9.64 Å². The number of fused-ring (bicyclic) bond motifs is 1.